The Labute approximate surface area is 144 Å². The second-order valence-corrected chi connectivity index (χ2v) is 7.40. The molecule has 3 aliphatic rings. The normalized spacial score (nSPS) is 33.0. The van der Waals surface area contributed by atoms with Gasteiger partial charge in [-0.3, -0.25) is 4.99 Å². The number of amidine groups is 1. The molecule has 3 aliphatic heterocycles. The van der Waals surface area contributed by atoms with Gasteiger partial charge in [0.2, 0.25) is 0 Å². The summed E-state index contributed by atoms with van der Waals surface area (Å²) in [5.41, 5.74) is 7.19. The van der Waals surface area contributed by atoms with Crippen LogP contribution in [0.2, 0.25) is 0 Å². The topological polar surface area (TPSA) is 69.2 Å². The largest absolute Gasteiger partial charge is 0.489 e. The van der Waals surface area contributed by atoms with Crippen LogP contribution in [0, 0.1) is 5.92 Å². The molecular weight excluding hydrogens is 358 g/mol. The van der Waals surface area contributed by atoms with Crippen molar-refractivity contribution in [3.8, 4) is 5.75 Å². The van der Waals surface area contributed by atoms with E-state index in [2.05, 4.69) is 15.9 Å². The summed E-state index contributed by atoms with van der Waals surface area (Å²) < 4.78 is 12.9. The van der Waals surface area contributed by atoms with Crippen molar-refractivity contribution in [3.63, 3.8) is 0 Å². The third-order valence-electron chi connectivity index (χ3n) is 4.89. The summed E-state index contributed by atoms with van der Waals surface area (Å²) in [6, 6.07) is 6.03. The van der Waals surface area contributed by atoms with E-state index in [-0.39, 0.29) is 6.10 Å². The van der Waals surface area contributed by atoms with E-state index in [1.54, 1.807) is 0 Å². The van der Waals surface area contributed by atoms with Crippen LogP contribution < -0.4 is 10.5 Å². The van der Waals surface area contributed by atoms with Crippen LogP contribution in [0.3, 0.4) is 0 Å². The number of fused-ring (bicyclic) bond motifs is 2. The molecule has 5 nitrogen and oxygen atoms in total. The first-order chi connectivity index (χ1) is 11.1. The van der Waals surface area contributed by atoms with Crippen molar-refractivity contribution >= 4 is 27.5 Å². The predicted octanol–water partition coefficient (Wildman–Crippen LogP) is 3.01. The zero-order valence-corrected chi connectivity index (χ0v) is 14.7. The second kappa shape index (κ2) is 5.60. The fraction of sp³-hybridized carbons (Fsp3) is 0.529. The molecule has 0 saturated carbocycles. The van der Waals surface area contributed by atoms with Gasteiger partial charge >= 0.3 is 0 Å². The Bertz CT molecular complexity index is 677. The van der Waals surface area contributed by atoms with Crippen molar-refractivity contribution < 1.29 is 9.47 Å². The summed E-state index contributed by atoms with van der Waals surface area (Å²) in [5.74, 6) is 1.76. The quantitative estimate of drug-likeness (QED) is 0.817. The van der Waals surface area contributed by atoms with E-state index in [1.165, 1.54) is 0 Å². The van der Waals surface area contributed by atoms with Crippen molar-refractivity contribution in [2.45, 2.75) is 38.0 Å². The van der Waals surface area contributed by atoms with Crippen LogP contribution in [0.5, 0.6) is 5.75 Å². The zero-order chi connectivity index (χ0) is 16.0. The second-order valence-electron chi connectivity index (χ2n) is 6.49. The fourth-order valence-electron chi connectivity index (χ4n) is 3.69. The minimum absolute atomic E-state index is 0.0511. The number of halogens is 1. The molecule has 122 valence electrons. The van der Waals surface area contributed by atoms with Crippen LogP contribution in [0.4, 0.5) is 0 Å². The average Bonchev–Trinajstić information content (AvgIpc) is 2.83. The molecule has 1 fully saturated rings. The molecule has 3 heterocycles. The molecule has 0 unspecified atom stereocenters. The van der Waals surface area contributed by atoms with Crippen molar-refractivity contribution in [1.82, 2.24) is 0 Å². The molecule has 0 radical (unpaired) electrons. The van der Waals surface area contributed by atoms with E-state index in [0.29, 0.717) is 18.2 Å². The maximum Gasteiger partial charge on any atom is 0.185 e. The van der Waals surface area contributed by atoms with Crippen LogP contribution in [0.15, 0.2) is 32.7 Å². The van der Waals surface area contributed by atoms with Crippen molar-refractivity contribution in [3.05, 3.63) is 28.2 Å². The first-order valence-corrected chi connectivity index (χ1v) is 8.83. The van der Waals surface area contributed by atoms with Gasteiger partial charge in [-0.1, -0.05) is 15.9 Å². The van der Waals surface area contributed by atoms with Crippen LogP contribution in [-0.2, 0) is 10.4 Å². The van der Waals surface area contributed by atoms with E-state index in [0.717, 1.165) is 47.6 Å². The molecule has 6 heteroatoms. The molecule has 1 spiro atoms. The van der Waals surface area contributed by atoms with Crippen LogP contribution in [0.25, 0.3) is 0 Å². The highest BCUT2D eigenvalue weighted by Gasteiger charge is 2.47. The van der Waals surface area contributed by atoms with Gasteiger partial charge in [-0.2, -0.15) is 0 Å². The highest BCUT2D eigenvalue weighted by molar-refractivity contribution is 9.10. The Hall–Kier alpha value is -1.40. The number of hydrogen-bond acceptors (Lipinski definition) is 5. The lowest BCUT2D eigenvalue weighted by Gasteiger charge is -2.40. The van der Waals surface area contributed by atoms with Crippen molar-refractivity contribution in [1.29, 1.82) is 0 Å². The molecule has 23 heavy (non-hydrogen) atoms. The SMILES string of the molecule is CC1=N[C@]2(C[C@@H]([C@H]3CCCOC3)Oc3ccc(Br)cc32)N=C1N. The van der Waals surface area contributed by atoms with Gasteiger partial charge in [0.1, 0.15) is 17.7 Å². The van der Waals surface area contributed by atoms with Crippen LogP contribution >= 0.6 is 15.9 Å². The molecule has 1 aromatic rings. The number of hydrogen-bond donors (Lipinski definition) is 1. The smallest absolute Gasteiger partial charge is 0.185 e. The number of rotatable bonds is 1. The van der Waals surface area contributed by atoms with Crippen LogP contribution in [0.1, 0.15) is 31.7 Å². The zero-order valence-electron chi connectivity index (χ0n) is 13.1. The highest BCUT2D eigenvalue weighted by atomic mass is 79.9. The van der Waals surface area contributed by atoms with Gasteiger partial charge in [0, 0.05) is 29.0 Å². The maximum atomic E-state index is 6.30. The third-order valence-corrected chi connectivity index (χ3v) is 5.38. The van der Waals surface area contributed by atoms with E-state index in [4.69, 9.17) is 25.2 Å². The highest BCUT2D eigenvalue weighted by Crippen LogP contribution is 2.48. The first-order valence-electron chi connectivity index (χ1n) is 8.04. The van der Waals surface area contributed by atoms with Gasteiger partial charge in [0.15, 0.2) is 5.66 Å². The number of ether oxygens (including phenoxy) is 2. The summed E-state index contributed by atoms with van der Waals surface area (Å²) in [6.07, 6.45) is 2.96. The van der Waals surface area contributed by atoms with Crippen molar-refractivity contribution in [2.75, 3.05) is 13.2 Å². The molecule has 4 rings (SSSR count). The van der Waals surface area contributed by atoms with Crippen LogP contribution in [-0.4, -0.2) is 30.9 Å². The van der Waals surface area contributed by atoms with Gasteiger partial charge in [-0.25, -0.2) is 4.99 Å². The van der Waals surface area contributed by atoms with Gasteiger partial charge in [-0.05, 0) is 38.0 Å². The molecule has 0 aromatic heterocycles. The lowest BCUT2D eigenvalue weighted by molar-refractivity contribution is -0.0166. The van der Waals surface area contributed by atoms with E-state index >= 15 is 0 Å². The summed E-state index contributed by atoms with van der Waals surface area (Å²) in [5, 5.41) is 0. The standard InChI is InChI=1S/C17H20BrN3O2/c1-10-16(19)21-17(20-10)8-15(11-3-2-6-22-9-11)23-14-5-4-12(18)7-13(14)17/h4-5,7,11,15H,2-3,6,8-9H2,1H3,(H2,19,21)/t11-,15-,17+/m0/s1. The molecular formula is C17H20BrN3O2. The monoisotopic (exact) mass is 377 g/mol. The summed E-state index contributed by atoms with van der Waals surface area (Å²) in [6.45, 7) is 3.51. The fourth-order valence-corrected chi connectivity index (χ4v) is 4.05. The molecule has 3 atom stereocenters. The van der Waals surface area contributed by atoms with E-state index < -0.39 is 5.66 Å². The Balaban J connectivity index is 1.77. The first kappa shape index (κ1) is 15.1. The Morgan fingerprint density at radius 3 is 2.91 bits per heavy atom. The summed E-state index contributed by atoms with van der Waals surface area (Å²) >= 11 is 3.54. The molecule has 1 saturated heterocycles. The van der Waals surface area contributed by atoms with Crippen molar-refractivity contribution in [2.24, 2.45) is 21.6 Å². The maximum absolute atomic E-state index is 6.30. The number of nitrogens with two attached hydrogens (primary N) is 1. The lowest BCUT2D eigenvalue weighted by Crippen LogP contribution is -2.42. The molecule has 0 amide bonds. The number of nitrogens with zero attached hydrogens (tertiary/aromatic N) is 2. The average molecular weight is 378 g/mol. The Kier molecular flexibility index (Phi) is 3.69. The third kappa shape index (κ3) is 2.58. The molecule has 0 bridgehead atoms. The minimum Gasteiger partial charge on any atom is -0.489 e. The molecule has 2 N–H and O–H groups in total. The Morgan fingerprint density at radius 1 is 1.35 bits per heavy atom. The van der Waals surface area contributed by atoms with Gasteiger partial charge in [0.25, 0.3) is 0 Å². The van der Waals surface area contributed by atoms with E-state index in [1.807, 2.05) is 25.1 Å². The lowest BCUT2D eigenvalue weighted by atomic mass is 9.83. The summed E-state index contributed by atoms with van der Waals surface area (Å²) in [7, 11) is 0. The predicted molar refractivity (Wildman–Crippen MR) is 93.1 cm³/mol. The number of aliphatic imine (C=N–C) groups is 2. The van der Waals surface area contributed by atoms with E-state index in [9.17, 15) is 0 Å². The molecule has 1 aromatic carbocycles. The van der Waals surface area contributed by atoms with Gasteiger partial charge < -0.3 is 15.2 Å². The number of benzene rings is 1. The van der Waals surface area contributed by atoms with Gasteiger partial charge in [0.05, 0.1) is 12.3 Å². The molecule has 0 aliphatic carbocycles. The Morgan fingerprint density at radius 2 is 2.22 bits per heavy atom. The van der Waals surface area contributed by atoms with Gasteiger partial charge in [-0.15, -0.1) is 0 Å². The summed E-state index contributed by atoms with van der Waals surface area (Å²) in [4.78, 5) is 9.57. The minimum atomic E-state index is -0.645.